The number of rotatable bonds is 9. The highest BCUT2D eigenvalue weighted by Crippen LogP contribution is 2.35. The van der Waals surface area contributed by atoms with Gasteiger partial charge in [0, 0.05) is 11.1 Å². The molecular formula is C16H19Cl3O4. The summed E-state index contributed by atoms with van der Waals surface area (Å²) >= 11 is 17.6. The normalized spacial score (nSPS) is 10.4. The van der Waals surface area contributed by atoms with Gasteiger partial charge in [0.15, 0.2) is 5.75 Å². The number of esters is 2. The van der Waals surface area contributed by atoms with Crippen molar-refractivity contribution < 1.29 is 19.1 Å². The maximum atomic E-state index is 11.7. The Balaban J connectivity index is 2.33. The molecule has 7 heteroatoms. The second kappa shape index (κ2) is 10.7. The fourth-order valence-corrected chi connectivity index (χ4v) is 2.39. The molecule has 0 aromatic heterocycles. The topological polar surface area (TPSA) is 52.6 Å². The number of hydrogen-bond acceptors (Lipinski definition) is 4. The van der Waals surface area contributed by atoms with Crippen LogP contribution in [-0.4, -0.2) is 18.5 Å². The van der Waals surface area contributed by atoms with Crippen molar-refractivity contribution in [3.05, 3.63) is 27.2 Å². The number of carbonyl (C=O) groups excluding carboxylic acids is 2. The van der Waals surface area contributed by atoms with Crippen molar-refractivity contribution in [2.24, 2.45) is 0 Å². The summed E-state index contributed by atoms with van der Waals surface area (Å²) in [5, 5.41) is 0.588. The van der Waals surface area contributed by atoms with Crippen molar-refractivity contribution in [3.63, 3.8) is 0 Å². The van der Waals surface area contributed by atoms with E-state index in [0.717, 1.165) is 25.7 Å². The Labute approximate surface area is 151 Å². The van der Waals surface area contributed by atoms with Crippen molar-refractivity contribution >= 4 is 46.7 Å². The number of hydrogen-bond donors (Lipinski definition) is 0. The second-order valence-corrected chi connectivity index (χ2v) is 6.18. The van der Waals surface area contributed by atoms with Crippen LogP contribution in [0.15, 0.2) is 12.1 Å². The maximum Gasteiger partial charge on any atom is 0.311 e. The van der Waals surface area contributed by atoms with Crippen LogP contribution in [0.3, 0.4) is 0 Å². The molecular weight excluding hydrogens is 363 g/mol. The molecule has 0 unspecified atom stereocenters. The highest BCUT2D eigenvalue weighted by molar-refractivity contribution is 6.44. The van der Waals surface area contributed by atoms with Crippen molar-refractivity contribution in [1.29, 1.82) is 0 Å². The molecule has 0 spiro atoms. The first-order valence-electron chi connectivity index (χ1n) is 7.45. The Morgan fingerprint density at radius 3 is 2.39 bits per heavy atom. The van der Waals surface area contributed by atoms with Gasteiger partial charge in [0.2, 0.25) is 0 Å². The summed E-state index contributed by atoms with van der Waals surface area (Å²) in [5.41, 5.74) is 0. The monoisotopic (exact) mass is 380 g/mol. The standard InChI is InChI=1S/C16H19Cl3O4/c1-2-3-4-5-8-22-14(20)6-7-15(21)23-13-10-11(17)9-12(18)16(13)19/h9-10H,2-8H2,1H3. The van der Waals surface area contributed by atoms with Crippen LogP contribution >= 0.6 is 34.8 Å². The van der Waals surface area contributed by atoms with Gasteiger partial charge in [-0.3, -0.25) is 9.59 Å². The van der Waals surface area contributed by atoms with Gasteiger partial charge < -0.3 is 9.47 Å². The van der Waals surface area contributed by atoms with Gasteiger partial charge in [-0.05, 0) is 12.5 Å². The quantitative estimate of drug-likeness (QED) is 0.247. The van der Waals surface area contributed by atoms with Crippen LogP contribution in [0.1, 0.15) is 45.4 Å². The van der Waals surface area contributed by atoms with E-state index in [4.69, 9.17) is 44.3 Å². The zero-order valence-corrected chi connectivity index (χ0v) is 15.1. The van der Waals surface area contributed by atoms with E-state index in [9.17, 15) is 9.59 Å². The van der Waals surface area contributed by atoms with E-state index < -0.39 is 11.9 Å². The summed E-state index contributed by atoms with van der Waals surface area (Å²) in [7, 11) is 0. The Kier molecular flexibility index (Phi) is 9.37. The lowest BCUT2D eigenvalue weighted by molar-refractivity contribution is -0.147. The zero-order chi connectivity index (χ0) is 17.2. The van der Waals surface area contributed by atoms with Crippen molar-refractivity contribution in [1.82, 2.24) is 0 Å². The van der Waals surface area contributed by atoms with Crippen LogP contribution in [0.2, 0.25) is 15.1 Å². The molecule has 1 rings (SSSR count). The molecule has 4 nitrogen and oxygen atoms in total. The molecule has 23 heavy (non-hydrogen) atoms. The third-order valence-electron chi connectivity index (χ3n) is 2.98. The Morgan fingerprint density at radius 1 is 1.00 bits per heavy atom. The maximum absolute atomic E-state index is 11.7. The van der Waals surface area contributed by atoms with Gasteiger partial charge in [0.1, 0.15) is 5.02 Å². The molecule has 1 aromatic rings. The average Bonchev–Trinajstić information content (AvgIpc) is 2.50. The molecule has 0 bridgehead atoms. The first-order chi connectivity index (χ1) is 10.9. The number of unbranched alkanes of at least 4 members (excludes halogenated alkanes) is 3. The Morgan fingerprint density at radius 2 is 1.70 bits per heavy atom. The van der Waals surface area contributed by atoms with Crippen LogP contribution in [0.5, 0.6) is 5.75 Å². The van der Waals surface area contributed by atoms with Crippen LogP contribution in [0.4, 0.5) is 0 Å². The van der Waals surface area contributed by atoms with Gasteiger partial charge in [-0.25, -0.2) is 0 Å². The molecule has 128 valence electrons. The first kappa shape index (κ1) is 20.1. The predicted molar refractivity (Wildman–Crippen MR) is 91.4 cm³/mol. The largest absolute Gasteiger partial charge is 0.466 e. The summed E-state index contributed by atoms with van der Waals surface area (Å²) in [5.74, 6) is -0.955. The molecule has 0 heterocycles. The molecule has 0 saturated carbocycles. The fourth-order valence-electron chi connectivity index (χ4n) is 1.77. The molecule has 0 fully saturated rings. The highest BCUT2D eigenvalue weighted by atomic mass is 35.5. The first-order valence-corrected chi connectivity index (χ1v) is 8.58. The van der Waals surface area contributed by atoms with E-state index in [2.05, 4.69) is 6.92 Å². The minimum absolute atomic E-state index is 0.0431. The van der Waals surface area contributed by atoms with E-state index in [1.165, 1.54) is 12.1 Å². The van der Waals surface area contributed by atoms with Crippen LogP contribution < -0.4 is 4.74 Å². The lowest BCUT2D eigenvalue weighted by Crippen LogP contribution is -2.13. The number of carbonyl (C=O) groups is 2. The summed E-state index contributed by atoms with van der Waals surface area (Å²) in [4.78, 5) is 23.2. The molecule has 0 atom stereocenters. The summed E-state index contributed by atoms with van der Waals surface area (Å²) < 4.78 is 10.1. The fraction of sp³-hybridized carbons (Fsp3) is 0.500. The van der Waals surface area contributed by atoms with Gasteiger partial charge in [-0.2, -0.15) is 0 Å². The molecule has 1 aromatic carbocycles. The molecule has 0 aliphatic rings. The number of halogens is 3. The van der Waals surface area contributed by atoms with Crippen molar-refractivity contribution in [2.75, 3.05) is 6.61 Å². The molecule has 0 saturated heterocycles. The summed E-state index contributed by atoms with van der Waals surface area (Å²) in [6, 6.07) is 2.83. The number of benzene rings is 1. The minimum atomic E-state index is -0.604. The van der Waals surface area contributed by atoms with Gasteiger partial charge in [-0.1, -0.05) is 61.0 Å². The lowest BCUT2D eigenvalue weighted by Gasteiger charge is -2.08. The Bertz CT molecular complexity index is 546. The van der Waals surface area contributed by atoms with Crippen LogP contribution in [-0.2, 0) is 14.3 Å². The number of ether oxygens (including phenoxy) is 2. The zero-order valence-electron chi connectivity index (χ0n) is 12.9. The SMILES string of the molecule is CCCCCCOC(=O)CCC(=O)Oc1cc(Cl)cc(Cl)c1Cl. The Hall–Kier alpha value is -0.970. The van der Waals surface area contributed by atoms with Gasteiger partial charge >= 0.3 is 11.9 Å². The minimum Gasteiger partial charge on any atom is -0.466 e. The van der Waals surface area contributed by atoms with E-state index in [1.54, 1.807) is 0 Å². The summed E-state index contributed by atoms with van der Waals surface area (Å²) in [6.45, 7) is 2.49. The third kappa shape index (κ3) is 7.91. The van der Waals surface area contributed by atoms with Gasteiger partial charge in [0.05, 0.1) is 24.5 Å². The lowest BCUT2D eigenvalue weighted by atomic mass is 10.2. The van der Waals surface area contributed by atoms with Crippen LogP contribution in [0.25, 0.3) is 0 Å². The van der Waals surface area contributed by atoms with E-state index >= 15 is 0 Å². The predicted octanol–water partition coefficient (Wildman–Crippen LogP) is 5.46. The molecule has 0 aliphatic carbocycles. The molecule has 0 N–H and O–H groups in total. The van der Waals surface area contributed by atoms with Gasteiger partial charge in [-0.15, -0.1) is 0 Å². The van der Waals surface area contributed by atoms with Crippen LogP contribution in [0, 0.1) is 0 Å². The van der Waals surface area contributed by atoms with Crippen molar-refractivity contribution in [3.8, 4) is 5.75 Å². The highest BCUT2D eigenvalue weighted by Gasteiger charge is 2.14. The van der Waals surface area contributed by atoms with Gasteiger partial charge in [0.25, 0.3) is 0 Å². The average molecular weight is 382 g/mol. The molecule has 0 aliphatic heterocycles. The van der Waals surface area contributed by atoms with E-state index in [1.807, 2.05) is 0 Å². The molecule has 0 radical (unpaired) electrons. The summed E-state index contributed by atoms with van der Waals surface area (Å²) in [6.07, 6.45) is 3.95. The third-order valence-corrected chi connectivity index (χ3v) is 3.98. The van der Waals surface area contributed by atoms with Crippen molar-refractivity contribution in [2.45, 2.75) is 45.4 Å². The van der Waals surface area contributed by atoms with E-state index in [0.29, 0.717) is 11.6 Å². The van der Waals surface area contributed by atoms with E-state index in [-0.39, 0.29) is 28.6 Å². The second-order valence-electron chi connectivity index (χ2n) is 4.95. The smallest absolute Gasteiger partial charge is 0.311 e. The molecule has 0 amide bonds.